The number of pyridine rings is 1. The molecule has 25 heavy (non-hydrogen) atoms. The van der Waals surface area contributed by atoms with Gasteiger partial charge in [0, 0.05) is 29.1 Å². The number of hydrogen-bond acceptors (Lipinski definition) is 1. The molecule has 0 amide bonds. The summed E-state index contributed by atoms with van der Waals surface area (Å²) in [6.45, 7) is 4.52. The van der Waals surface area contributed by atoms with Gasteiger partial charge in [-0.2, -0.15) is 0 Å². The molecule has 0 bridgehead atoms. The van der Waals surface area contributed by atoms with Crippen LogP contribution < -0.4 is 0 Å². The molecule has 0 unspecified atom stereocenters. The molecular formula is C21H20Cl2CrN-. The molecule has 1 aromatic heterocycles. The molecular weight excluding hydrogens is 389 g/mol. The third kappa shape index (κ3) is 3.74. The zero-order valence-electron chi connectivity index (χ0n) is 14.1. The summed E-state index contributed by atoms with van der Waals surface area (Å²) < 4.78 is 0. The predicted octanol–water partition coefficient (Wildman–Crippen LogP) is 6.74. The second-order valence-electron chi connectivity index (χ2n) is 6.10. The van der Waals surface area contributed by atoms with Gasteiger partial charge in [0.25, 0.3) is 0 Å². The topological polar surface area (TPSA) is 12.9 Å². The quantitative estimate of drug-likeness (QED) is 0.334. The van der Waals surface area contributed by atoms with Crippen LogP contribution in [0, 0.1) is 0 Å². The standard InChI is InChI=1S/C21H18N.2ClH.Cr/c1-14(2)19-13-16-7-3-4-10-17(16)20(19)18-11-5-8-15-9-6-12-22-21(15)18;;;/h3-14H,1-2H3;2*1H;/q-1;;;. The van der Waals surface area contributed by atoms with Gasteiger partial charge in [-0.3, -0.25) is 4.98 Å². The van der Waals surface area contributed by atoms with Crippen molar-refractivity contribution in [3.63, 3.8) is 0 Å². The average molecular weight is 409 g/mol. The summed E-state index contributed by atoms with van der Waals surface area (Å²) in [4.78, 5) is 4.64. The van der Waals surface area contributed by atoms with Crippen LogP contribution in [0.2, 0.25) is 0 Å². The fourth-order valence-electron chi connectivity index (χ4n) is 3.31. The van der Waals surface area contributed by atoms with Crippen molar-refractivity contribution < 1.29 is 17.4 Å². The molecule has 0 aliphatic rings. The van der Waals surface area contributed by atoms with E-state index in [9.17, 15) is 0 Å². The zero-order chi connectivity index (χ0) is 15.1. The Hall–Kier alpha value is -1.43. The van der Waals surface area contributed by atoms with Crippen molar-refractivity contribution in [2.75, 3.05) is 0 Å². The number of aromatic nitrogens is 1. The first kappa shape index (κ1) is 21.6. The number of rotatable bonds is 2. The summed E-state index contributed by atoms with van der Waals surface area (Å²) in [5.41, 5.74) is 5.07. The molecule has 0 aliphatic carbocycles. The normalized spacial score (nSPS) is 10.2. The third-order valence-corrected chi connectivity index (χ3v) is 4.35. The molecule has 4 heteroatoms. The van der Waals surface area contributed by atoms with Crippen LogP contribution >= 0.6 is 24.8 Å². The van der Waals surface area contributed by atoms with Gasteiger partial charge in [-0.05, 0) is 17.4 Å². The number of fused-ring (bicyclic) bond motifs is 2. The van der Waals surface area contributed by atoms with Crippen LogP contribution in [0.4, 0.5) is 0 Å². The van der Waals surface area contributed by atoms with Crippen molar-refractivity contribution in [1.29, 1.82) is 0 Å². The van der Waals surface area contributed by atoms with Gasteiger partial charge in [-0.15, -0.1) is 43.0 Å². The molecule has 0 spiro atoms. The molecule has 0 saturated carbocycles. The Morgan fingerprint density at radius 3 is 2.28 bits per heavy atom. The van der Waals surface area contributed by atoms with Gasteiger partial charge in [-0.1, -0.05) is 77.7 Å². The molecule has 1 nitrogen and oxygen atoms in total. The number of benzene rings is 2. The van der Waals surface area contributed by atoms with E-state index in [0.29, 0.717) is 5.92 Å². The molecule has 4 aromatic rings. The van der Waals surface area contributed by atoms with E-state index in [2.05, 4.69) is 73.4 Å². The minimum absolute atomic E-state index is 0. The van der Waals surface area contributed by atoms with E-state index < -0.39 is 0 Å². The molecule has 0 fully saturated rings. The molecule has 130 valence electrons. The molecule has 1 heterocycles. The van der Waals surface area contributed by atoms with E-state index in [1.807, 2.05) is 12.3 Å². The summed E-state index contributed by atoms with van der Waals surface area (Å²) >= 11 is 0. The Kier molecular flexibility index (Phi) is 7.60. The van der Waals surface area contributed by atoms with Crippen LogP contribution in [0.5, 0.6) is 0 Å². The first-order valence-electron chi connectivity index (χ1n) is 7.78. The van der Waals surface area contributed by atoms with Gasteiger partial charge in [-0.25, -0.2) is 0 Å². The van der Waals surface area contributed by atoms with Gasteiger partial charge in [0.2, 0.25) is 0 Å². The average Bonchev–Trinajstić information content (AvgIpc) is 2.94. The van der Waals surface area contributed by atoms with Gasteiger partial charge in [0.15, 0.2) is 0 Å². The van der Waals surface area contributed by atoms with Gasteiger partial charge >= 0.3 is 0 Å². The summed E-state index contributed by atoms with van der Waals surface area (Å²) in [5, 5.41) is 3.83. The van der Waals surface area contributed by atoms with Crippen LogP contribution in [0.25, 0.3) is 32.8 Å². The van der Waals surface area contributed by atoms with Crippen LogP contribution in [-0.4, -0.2) is 4.98 Å². The van der Waals surface area contributed by atoms with Crippen LogP contribution in [0.15, 0.2) is 66.9 Å². The van der Waals surface area contributed by atoms with Crippen molar-refractivity contribution in [1.82, 2.24) is 4.98 Å². The molecule has 0 N–H and O–H groups in total. The summed E-state index contributed by atoms with van der Waals surface area (Å²) in [5.74, 6) is 0.487. The number of nitrogens with zero attached hydrogens (tertiary/aromatic N) is 1. The number of hydrogen-bond donors (Lipinski definition) is 0. The molecule has 0 saturated heterocycles. The largest absolute Gasteiger partial charge is 0.288 e. The van der Waals surface area contributed by atoms with Crippen LogP contribution in [0.3, 0.4) is 0 Å². The van der Waals surface area contributed by atoms with E-state index in [1.54, 1.807) is 0 Å². The van der Waals surface area contributed by atoms with Crippen LogP contribution in [-0.2, 0) is 17.4 Å². The second-order valence-corrected chi connectivity index (χ2v) is 6.10. The first-order valence-corrected chi connectivity index (χ1v) is 7.78. The Morgan fingerprint density at radius 2 is 1.52 bits per heavy atom. The van der Waals surface area contributed by atoms with Crippen LogP contribution in [0.1, 0.15) is 25.3 Å². The summed E-state index contributed by atoms with van der Waals surface area (Å²) in [7, 11) is 0. The second kappa shape index (κ2) is 8.79. The predicted molar refractivity (Wildman–Crippen MR) is 109 cm³/mol. The monoisotopic (exact) mass is 408 g/mol. The van der Waals surface area contributed by atoms with Crippen molar-refractivity contribution in [2.24, 2.45) is 0 Å². The molecule has 0 atom stereocenters. The smallest absolute Gasteiger partial charge is 0.0237 e. The van der Waals surface area contributed by atoms with Gasteiger partial charge in [0.05, 0.1) is 0 Å². The van der Waals surface area contributed by atoms with Gasteiger partial charge < -0.3 is 0 Å². The van der Waals surface area contributed by atoms with E-state index in [4.69, 9.17) is 0 Å². The zero-order valence-corrected chi connectivity index (χ0v) is 17.0. The fourth-order valence-corrected chi connectivity index (χ4v) is 3.31. The van der Waals surface area contributed by atoms with E-state index >= 15 is 0 Å². The summed E-state index contributed by atoms with van der Waals surface area (Å²) in [6, 6.07) is 21.6. The molecule has 0 radical (unpaired) electrons. The molecule has 0 aliphatic heterocycles. The van der Waals surface area contributed by atoms with Crippen molar-refractivity contribution in [3.05, 3.63) is 72.4 Å². The molecule has 4 rings (SSSR count). The van der Waals surface area contributed by atoms with E-state index in [0.717, 1.165) is 5.52 Å². The maximum Gasteiger partial charge on any atom is 0.0237 e. The van der Waals surface area contributed by atoms with Crippen molar-refractivity contribution in [3.8, 4) is 11.1 Å². The maximum atomic E-state index is 4.64. The third-order valence-electron chi connectivity index (χ3n) is 4.35. The minimum atomic E-state index is 0. The summed E-state index contributed by atoms with van der Waals surface area (Å²) in [6.07, 6.45) is 1.88. The first-order chi connectivity index (χ1) is 10.8. The Bertz CT molecular complexity index is 971. The van der Waals surface area contributed by atoms with E-state index in [1.165, 1.54) is 32.8 Å². The molecule has 3 aromatic carbocycles. The van der Waals surface area contributed by atoms with Gasteiger partial charge in [0.1, 0.15) is 0 Å². The van der Waals surface area contributed by atoms with Crippen molar-refractivity contribution in [2.45, 2.75) is 19.8 Å². The Balaban J connectivity index is 0.00000104. The van der Waals surface area contributed by atoms with E-state index in [-0.39, 0.29) is 42.2 Å². The van der Waals surface area contributed by atoms with Crippen molar-refractivity contribution >= 4 is 46.5 Å². The fraction of sp³-hybridized carbons (Fsp3) is 0.143. The number of para-hydroxylation sites is 1. The SMILES string of the molecule is CC(C)c1cc2ccccc2[c-]1-c1cccc2cccnc12.Cl.Cl.[Cr]. The number of halogens is 2. The maximum absolute atomic E-state index is 4.64. The Labute approximate surface area is 171 Å². The Morgan fingerprint density at radius 1 is 0.840 bits per heavy atom. The minimum Gasteiger partial charge on any atom is -0.288 e.